The summed E-state index contributed by atoms with van der Waals surface area (Å²) in [4.78, 5) is 5.04. The zero-order valence-corrected chi connectivity index (χ0v) is 17.3. The number of anilines is 1. The number of rotatable bonds is 4. The Hall–Kier alpha value is -2.60. The van der Waals surface area contributed by atoms with Crippen molar-refractivity contribution in [1.82, 2.24) is 9.56 Å². The molecule has 1 N–H and O–H groups in total. The van der Waals surface area contributed by atoms with Gasteiger partial charge in [0.1, 0.15) is 0 Å². The van der Waals surface area contributed by atoms with Crippen molar-refractivity contribution in [1.29, 1.82) is 0 Å². The van der Waals surface area contributed by atoms with Crippen LogP contribution < -0.4 is 15.2 Å². The number of nitrogens with one attached hydrogen (secondary N) is 1. The molecule has 0 bridgehead atoms. The third-order valence-corrected chi connectivity index (χ3v) is 7.15. The molecule has 0 unspecified atom stereocenters. The van der Waals surface area contributed by atoms with Gasteiger partial charge < -0.3 is 0 Å². The average molecular weight is 419 g/mol. The summed E-state index contributed by atoms with van der Waals surface area (Å²) in [5, 5.41) is 7.03. The molecule has 0 amide bonds. The van der Waals surface area contributed by atoms with Crippen LogP contribution in [0.15, 0.2) is 48.5 Å². The standard InChI is InChI=1S/C23H21N3Se/c1-4-13-24-20-15-22-23(18-10-8-7-9-17(18)20)25-19-12-11-16(14-21(19)27-22)26(5-2)6-3/h1,7-12,14-15H,5-6,13H2,2-3H3/p+1. The molecule has 1 heterocycles. The van der Waals surface area contributed by atoms with Crippen LogP contribution in [0, 0.1) is 12.3 Å². The molecule has 1 aliphatic carbocycles. The van der Waals surface area contributed by atoms with Crippen molar-refractivity contribution >= 4 is 40.7 Å². The van der Waals surface area contributed by atoms with Gasteiger partial charge in [0.15, 0.2) is 0 Å². The topological polar surface area (TPSA) is 27.9 Å². The predicted molar refractivity (Wildman–Crippen MR) is 116 cm³/mol. The summed E-state index contributed by atoms with van der Waals surface area (Å²) in [6.07, 6.45) is 5.46. The second kappa shape index (κ2) is 7.56. The van der Waals surface area contributed by atoms with E-state index < -0.39 is 0 Å². The van der Waals surface area contributed by atoms with E-state index in [0.717, 1.165) is 30.0 Å². The van der Waals surface area contributed by atoms with Crippen molar-refractivity contribution in [2.75, 3.05) is 25.0 Å². The Morgan fingerprint density at radius 3 is 2.59 bits per heavy atom. The van der Waals surface area contributed by atoms with E-state index in [0.29, 0.717) is 6.54 Å². The molecule has 3 nitrogen and oxygen atoms in total. The third-order valence-electron chi connectivity index (χ3n) is 4.89. The number of nitrogens with zero attached hydrogens (tertiary/aromatic N) is 2. The number of aromatic nitrogens is 1. The van der Waals surface area contributed by atoms with Gasteiger partial charge in [0.2, 0.25) is 0 Å². The summed E-state index contributed by atoms with van der Waals surface area (Å²) < 4.78 is 5.04. The molecule has 27 heavy (non-hydrogen) atoms. The summed E-state index contributed by atoms with van der Waals surface area (Å²) in [7, 11) is 0. The summed E-state index contributed by atoms with van der Waals surface area (Å²) >= 11 is 0.214. The first-order valence-corrected chi connectivity index (χ1v) is 11.0. The van der Waals surface area contributed by atoms with Gasteiger partial charge in [-0.25, -0.2) is 0 Å². The van der Waals surface area contributed by atoms with Crippen LogP contribution in [0.3, 0.4) is 0 Å². The molecule has 0 saturated carbocycles. The van der Waals surface area contributed by atoms with Gasteiger partial charge in [0.25, 0.3) is 0 Å². The Kier molecular flexibility index (Phi) is 4.98. The molecule has 2 aliphatic rings. The van der Waals surface area contributed by atoms with E-state index in [1.165, 1.54) is 24.8 Å². The van der Waals surface area contributed by atoms with Gasteiger partial charge in [-0.2, -0.15) is 0 Å². The molecular formula is C23H22N3Se+. The number of hydrogen-bond donors (Lipinski definition) is 1. The molecule has 0 fully saturated rings. The summed E-state index contributed by atoms with van der Waals surface area (Å²) in [5.74, 6) is 2.67. The van der Waals surface area contributed by atoms with Crippen LogP contribution in [0.1, 0.15) is 13.8 Å². The zero-order valence-electron chi connectivity index (χ0n) is 15.6. The Balaban J connectivity index is 2.04. The van der Waals surface area contributed by atoms with Crippen LogP contribution in [0.2, 0.25) is 0 Å². The number of terminal acetylenes is 1. The monoisotopic (exact) mass is 420 g/mol. The van der Waals surface area contributed by atoms with E-state index in [2.05, 4.69) is 78.2 Å². The van der Waals surface area contributed by atoms with Crippen molar-refractivity contribution in [3.05, 3.63) is 53.9 Å². The Bertz CT molecular complexity index is 1210. The minimum atomic E-state index is 0.214. The minimum absolute atomic E-state index is 0.214. The van der Waals surface area contributed by atoms with Gasteiger partial charge in [0.05, 0.1) is 0 Å². The molecule has 0 atom stereocenters. The van der Waals surface area contributed by atoms with Crippen LogP contribution in [-0.4, -0.2) is 39.1 Å². The average Bonchev–Trinajstić information content (AvgIpc) is 2.71. The van der Waals surface area contributed by atoms with Crippen molar-refractivity contribution < 1.29 is 0 Å². The normalized spacial score (nSPS) is 11.0. The van der Waals surface area contributed by atoms with Crippen LogP contribution in [-0.2, 0) is 0 Å². The molecule has 2 aromatic carbocycles. The SMILES string of the molecule is C#CCNc1cc2[se]c3cc(=[N+](CC)CC)ccc-3nc2c2ccccc12. The van der Waals surface area contributed by atoms with E-state index in [-0.39, 0.29) is 14.5 Å². The van der Waals surface area contributed by atoms with E-state index in [4.69, 9.17) is 11.4 Å². The summed E-state index contributed by atoms with van der Waals surface area (Å²) in [6, 6.07) is 17.4. The van der Waals surface area contributed by atoms with Gasteiger partial charge in [0, 0.05) is 0 Å². The summed E-state index contributed by atoms with van der Waals surface area (Å²) in [5.41, 5.74) is 3.32. The van der Waals surface area contributed by atoms with Gasteiger partial charge >= 0.3 is 165 Å². The molecule has 1 aliphatic heterocycles. The first kappa shape index (κ1) is 17.8. The quantitative estimate of drug-likeness (QED) is 0.181. The molecule has 134 valence electrons. The Labute approximate surface area is 165 Å². The van der Waals surface area contributed by atoms with Gasteiger partial charge in [-0.1, -0.05) is 0 Å². The molecule has 0 spiro atoms. The molecule has 0 saturated heterocycles. The van der Waals surface area contributed by atoms with Crippen LogP contribution in [0.5, 0.6) is 0 Å². The first-order valence-electron chi connectivity index (χ1n) is 9.26. The molecule has 0 aromatic heterocycles. The van der Waals surface area contributed by atoms with E-state index in [9.17, 15) is 0 Å². The molecule has 4 heteroatoms. The molecule has 0 radical (unpaired) electrons. The fraction of sp³-hybridized carbons (Fsp3) is 0.217. The van der Waals surface area contributed by atoms with Crippen molar-refractivity contribution in [3.63, 3.8) is 0 Å². The third kappa shape index (κ3) is 3.25. The second-order valence-electron chi connectivity index (χ2n) is 6.41. The van der Waals surface area contributed by atoms with Crippen molar-refractivity contribution in [2.24, 2.45) is 0 Å². The molecule has 2 aromatic rings. The zero-order chi connectivity index (χ0) is 18.8. The Morgan fingerprint density at radius 2 is 1.85 bits per heavy atom. The van der Waals surface area contributed by atoms with E-state index in [1.807, 2.05) is 0 Å². The van der Waals surface area contributed by atoms with Gasteiger partial charge in [-0.3, -0.25) is 0 Å². The number of hydrogen-bond acceptors (Lipinski definition) is 2. The van der Waals surface area contributed by atoms with Crippen LogP contribution in [0.4, 0.5) is 5.69 Å². The van der Waals surface area contributed by atoms with E-state index >= 15 is 0 Å². The van der Waals surface area contributed by atoms with Crippen molar-refractivity contribution in [3.8, 4) is 22.5 Å². The van der Waals surface area contributed by atoms with Gasteiger partial charge in [-0.15, -0.1) is 0 Å². The number of fused-ring (bicyclic) bond motifs is 4. The van der Waals surface area contributed by atoms with Crippen LogP contribution in [0.25, 0.3) is 30.7 Å². The van der Waals surface area contributed by atoms with Gasteiger partial charge in [-0.05, 0) is 0 Å². The first-order chi connectivity index (χ1) is 13.2. The van der Waals surface area contributed by atoms with E-state index in [1.54, 1.807) is 0 Å². The fourth-order valence-corrected chi connectivity index (χ4v) is 5.75. The molecule has 4 rings (SSSR count). The predicted octanol–water partition coefficient (Wildman–Crippen LogP) is 3.41. The molecular weight excluding hydrogens is 397 g/mol. The summed E-state index contributed by atoms with van der Waals surface area (Å²) in [6.45, 7) is 6.95. The fourth-order valence-electron chi connectivity index (χ4n) is 3.52. The maximum absolute atomic E-state index is 5.46. The second-order valence-corrected chi connectivity index (χ2v) is 8.69. The Morgan fingerprint density at radius 1 is 1.07 bits per heavy atom. The number of benzene rings is 3. The maximum atomic E-state index is 5.46. The van der Waals surface area contributed by atoms with Crippen LogP contribution >= 0.6 is 0 Å². The van der Waals surface area contributed by atoms with Crippen molar-refractivity contribution in [2.45, 2.75) is 13.8 Å².